The van der Waals surface area contributed by atoms with E-state index < -0.39 is 0 Å². The zero-order chi connectivity index (χ0) is 12.8. The number of hydrogen-bond acceptors (Lipinski definition) is 5. The van der Waals surface area contributed by atoms with E-state index >= 15 is 0 Å². The van der Waals surface area contributed by atoms with Crippen molar-refractivity contribution < 1.29 is 9.26 Å². The van der Waals surface area contributed by atoms with Gasteiger partial charge in [-0.25, -0.2) is 0 Å². The van der Waals surface area contributed by atoms with Crippen LogP contribution in [0.1, 0.15) is 30.2 Å². The fraction of sp³-hybridized carbons (Fsp3) is 0.385. The van der Waals surface area contributed by atoms with Crippen molar-refractivity contribution in [2.45, 2.75) is 19.4 Å². The van der Waals surface area contributed by atoms with Gasteiger partial charge in [0.15, 0.2) is 5.82 Å². The molecule has 0 saturated heterocycles. The normalized spacial score (nSPS) is 12.6. The van der Waals surface area contributed by atoms with Crippen LogP contribution in [0.15, 0.2) is 34.9 Å². The average Bonchev–Trinajstić information content (AvgIpc) is 2.88. The van der Waals surface area contributed by atoms with Crippen molar-refractivity contribution in [3.05, 3.63) is 47.6 Å². The molecule has 2 N–H and O–H groups in total. The smallest absolute Gasteiger partial charge is 0.248 e. The monoisotopic (exact) mass is 247 g/mol. The lowest BCUT2D eigenvalue weighted by molar-refractivity contribution is 0.149. The molecule has 2 rings (SSSR count). The first kappa shape index (κ1) is 12.7. The SMILES string of the molecule is CCOCCc1noc([C@@H](N)c2ccccc2)n1. The minimum Gasteiger partial charge on any atom is -0.381 e. The molecule has 0 radical (unpaired) electrons. The summed E-state index contributed by atoms with van der Waals surface area (Å²) >= 11 is 0. The minimum absolute atomic E-state index is 0.375. The molecule has 0 unspecified atom stereocenters. The summed E-state index contributed by atoms with van der Waals surface area (Å²) in [5.74, 6) is 1.07. The topological polar surface area (TPSA) is 74.2 Å². The number of nitrogens with zero attached hydrogens (tertiary/aromatic N) is 2. The van der Waals surface area contributed by atoms with Crippen LogP contribution in [0.5, 0.6) is 0 Å². The van der Waals surface area contributed by atoms with E-state index in [4.69, 9.17) is 15.0 Å². The van der Waals surface area contributed by atoms with Crippen LogP contribution in [0.25, 0.3) is 0 Å². The van der Waals surface area contributed by atoms with E-state index in [-0.39, 0.29) is 6.04 Å². The van der Waals surface area contributed by atoms with Gasteiger partial charge in [0.25, 0.3) is 0 Å². The van der Waals surface area contributed by atoms with Crippen LogP contribution in [0, 0.1) is 0 Å². The molecular weight excluding hydrogens is 230 g/mol. The van der Waals surface area contributed by atoms with Gasteiger partial charge in [-0.2, -0.15) is 4.98 Å². The Morgan fingerprint density at radius 1 is 1.33 bits per heavy atom. The summed E-state index contributed by atoms with van der Waals surface area (Å²) in [6, 6.07) is 9.31. The Kier molecular flexibility index (Phi) is 4.44. The summed E-state index contributed by atoms with van der Waals surface area (Å²) in [6.07, 6.45) is 0.638. The van der Waals surface area contributed by atoms with Crippen LogP contribution in [-0.4, -0.2) is 23.4 Å². The largest absolute Gasteiger partial charge is 0.381 e. The molecule has 0 spiro atoms. The maximum Gasteiger partial charge on any atom is 0.248 e. The highest BCUT2D eigenvalue weighted by Crippen LogP contribution is 2.17. The lowest BCUT2D eigenvalue weighted by Gasteiger charge is -2.05. The van der Waals surface area contributed by atoms with E-state index in [1.165, 1.54) is 0 Å². The van der Waals surface area contributed by atoms with Gasteiger partial charge in [0.05, 0.1) is 6.61 Å². The van der Waals surface area contributed by atoms with Crippen molar-refractivity contribution in [2.24, 2.45) is 5.73 Å². The fourth-order valence-corrected chi connectivity index (χ4v) is 1.61. The Hall–Kier alpha value is -1.72. The summed E-state index contributed by atoms with van der Waals surface area (Å²) in [7, 11) is 0. The van der Waals surface area contributed by atoms with Crippen molar-refractivity contribution in [3.63, 3.8) is 0 Å². The summed E-state index contributed by atoms with van der Waals surface area (Å²) in [6.45, 7) is 3.23. The molecule has 0 fully saturated rings. The van der Waals surface area contributed by atoms with Crippen LogP contribution >= 0.6 is 0 Å². The predicted molar refractivity (Wildman–Crippen MR) is 67.0 cm³/mol. The summed E-state index contributed by atoms with van der Waals surface area (Å²) < 4.78 is 10.4. The first-order valence-corrected chi connectivity index (χ1v) is 6.02. The molecule has 0 amide bonds. The van der Waals surface area contributed by atoms with Crippen LogP contribution in [0.4, 0.5) is 0 Å². The third kappa shape index (κ3) is 3.15. The summed E-state index contributed by atoms with van der Waals surface area (Å²) in [5.41, 5.74) is 7.01. The molecule has 1 heterocycles. The van der Waals surface area contributed by atoms with E-state index in [9.17, 15) is 0 Å². The van der Waals surface area contributed by atoms with Gasteiger partial charge in [0.1, 0.15) is 6.04 Å². The van der Waals surface area contributed by atoms with Crippen LogP contribution in [0.2, 0.25) is 0 Å². The van der Waals surface area contributed by atoms with Gasteiger partial charge in [-0.3, -0.25) is 0 Å². The molecule has 5 nitrogen and oxygen atoms in total. The number of nitrogens with two attached hydrogens (primary N) is 1. The minimum atomic E-state index is -0.375. The Morgan fingerprint density at radius 3 is 2.83 bits per heavy atom. The lowest BCUT2D eigenvalue weighted by atomic mass is 10.1. The van der Waals surface area contributed by atoms with Gasteiger partial charge in [0.2, 0.25) is 5.89 Å². The van der Waals surface area contributed by atoms with Gasteiger partial charge >= 0.3 is 0 Å². The third-order valence-electron chi connectivity index (χ3n) is 2.58. The highest BCUT2D eigenvalue weighted by atomic mass is 16.5. The van der Waals surface area contributed by atoms with Crippen LogP contribution < -0.4 is 5.73 Å². The second kappa shape index (κ2) is 6.28. The summed E-state index contributed by atoms with van der Waals surface area (Å²) in [5, 5.41) is 3.89. The van der Waals surface area contributed by atoms with E-state index in [0.29, 0.717) is 31.3 Å². The van der Waals surface area contributed by atoms with E-state index in [0.717, 1.165) is 5.56 Å². The van der Waals surface area contributed by atoms with E-state index in [1.54, 1.807) is 0 Å². The molecule has 0 bridgehead atoms. The zero-order valence-corrected chi connectivity index (χ0v) is 10.4. The van der Waals surface area contributed by atoms with Gasteiger partial charge < -0.3 is 15.0 Å². The molecule has 1 atom stereocenters. The predicted octanol–water partition coefficient (Wildman–Crippen LogP) is 1.70. The quantitative estimate of drug-likeness (QED) is 0.786. The van der Waals surface area contributed by atoms with E-state index in [1.807, 2.05) is 37.3 Å². The molecule has 0 aliphatic carbocycles. The molecule has 0 saturated carbocycles. The van der Waals surface area contributed by atoms with Crippen molar-refractivity contribution in [2.75, 3.05) is 13.2 Å². The fourth-order valence-electron chi connectivity index (χ4n) is 1.61. The Balaban J connectivity index is 2.01. The maximum atomic E-state index is 6.06. The molecule has 2 aromatic rings. The first-order chi connectivity index (χ1) is 8.81. The zero-order valence-electron chi connectivity index (χ0n) is 10.4. The average molecular weight is 247 g/mol. The second-order valence-electron chi connectivity index (χ2n) is 3.88. The number of hydrogen-bond donors (Lipinski definition) is 1. The van der Waals surface area contributed by atoms with Crippen molar-refractivity contribution in [1.82, 2.24) is 10.1 Å². The van der Waals surface area contributed by atoms with Crippen LogP contribution in [-0.2, 0) is 11.2 Å². The lowest BCUT2D eigenvalue weighted by Crippen LogP contribution is -2.12. The molecule has 0 aliphatic rings. The van der Waals surface area contributed by atoms with Crippen molar-refractivity contribution in [1.29, 1.82) is 0 Å². The molecular formula is C13H17N3O2. The first-order valence-electron chi connectivity index (χ1n) is 6.02. The molecule has 1 aromatic carbocycles. The Bertz CT molecular complexity index is 470. The molecule has 0 aliphatic heterocycles. The third-order valence-corrected chi connectivity index (χ3v) is 2.58. The second-order valence-corrected chi connectivity index (χ2v) is 3.88. The summed E-state index contributed by atoms with van der Waals surface area (Å²) in [4.78, 5) is 4.28. The maximum absolute atomic E-state index is 6.06. The number of ether oxygens (including phenoxy) is 1. The van der Waals surface area contributed by atoms with E-state index in [2.05, 4.69) is 10.1 Å². The van der Waals surface area contributed by atoms with Crippen LogP contribution in [0.3, 0.4) is 0 Å². The number of benzene rings is 1. The highest BCUT2D eigenvalue weighted by Gasteiger charge is 2.16. The molecule has 18 heavy (non-hydrogen) atoms. The van der Waals surface area contributed by atoms with Gasteiger partial charge in [-0.05, 0) is 12.5 Å². The Morgan fingerprint density at radius 2 is 2.11 bits per heavy atom. The van der Waals surface area contributed by atoms with Crippen molar-refractivity contribution in [3.8, 4) is 0 Å². The van der Waals surface area contributed by atoms with Gasteiger partial charge in [-0.1, -0.05) is 35.5 Å². The Labute approximate surface area is 106 Å². The van der Waals surface area contributed by atoms with Gasteiger partial charge in [0, 0.05) is 13.0 Å². The number of aromatic nitrogens is 2. The molecule has 1 aromatic heterocycles. The molecule has 5 heteroatoms. The van der Waals surface area contributed by atoms with Crippen molar-refractivity contribution >= 4 is 0 Å². The van der Waals surface area contributed by atoms with Gasteiger partial charge in [-0.15, -0.1) is 0 Å². The molecule has 96 valence electrons. The number of rotatable bonds is 6. The standard InChI is InChI=1S/C13H17N3O2/c1-2-17-9-8-11-15-13(18-16-11)12(14)10-6-4-3-5-7-10/h3-7,12H,2,8-9,14H2,1H3/t12-/m0/s1. The highest BCUT2D eigenvalue weighted by molar-refractivity contribution is 5.22.